The molecule has 1 nitrogen and oxygen atoms in total. The van der Waals surface area contributed by atoms with Gasteiger partial charge in [-0.1, -0.05) is 6.92 Å². The van der Waals surface area contributed by atoms with Crippen LogP contribution in [-0.4, -0.2) is 10.7 Å². The number of rotatable bonds is 4. The van der Waals surface area contributed by atoms with Gasteiger partial charge in [-0.2, -0.15) is 0 Å². The molecule has 0 aromatic heterocycles. The van der Waals surface area contributed by atoms with Crippen LogP contribution in [0.3, 0.4) is 0 Å². The molecule has 13 heavy (non-hydrogen) atoms. The second kappa shape index (κ2) is 2.73. The molecule has 2 saturated carbocycles. The Morgan fingerprint density at radius 1 is 1.08 bits per heavy atom. The van der Waals surface area contributed by atoms with Crippen molar-refractivity contribution in [2.75, 3.05) is 0 Å². The lowest BCUT2D eigenvalue weighted by molar-refractivity contribution is -0.0872. The molecule has 76 valence electrons. The smallest absolute Gasteiger partial charge is 0.0652 e. The van der Waals surface area contributed by atoms with E-state index < -0.39 is 5.60 Å². The van der Waals surface area contributed by atoms with E-state index in [1.807, 2.05) is 13.8 Å². The van der Waals surface area contributed by atoms with Gasteiger partial charge in [-0.3, -0.25) is 0 Å². The highest BCUT2D eigenvalue weighted by molar-refractivity contribution is 5.09. The fourth-order valence-electron chi connectivity index (χ4n) is 3.54. The Kier molecular flexibility index (Phi) is 1.99. The summed E-state index contributed by atoms with van der Waals surface area (Å²) in [5.41, 5.74) is -0.211. The van der Waals surface area contributed by atoms with Crippen LogP contribution in [0.5, 0.6) is 0 Å². The molecule has 0 amide bonds. The third-order valence-electron chi connectivity index (χ3n) is 4.34. The normalized spacial score (nSPS) is 24.9. The predicted molar refractivity (Wildman–Crippen MR) is 54.5 cm³/mol. The number of aliphatic hydroxyl groups is 1. The van der Waals surface area contributed by atoms with Gasteiger partial charge in [0.15, 0.2) is 0 Å². The molecule has 0 heterocycles. The molecule has 2 aliphatic rings. The second-order valence-electron chi connectivity index (χ2n) is 5.50. The van der Waals surface area contributed by atoms with Crippen LogP contribution in [0.15, 0.2) is 0 Å². The molecular formula is C12H22O. The van der Waals surface area contributed by atoms with Gasteiger partial charge in [0, 0.05) is 5.41 Å². The van der Waals surface area contributed by atoms with Crippen molar-refractivity contribution in [3.05, 3.63) is 0 Å². The highest BCUT2D eigenvalue weighted by atomic mass is 16.3. The van der Waals surface area contributed by atoms with E-state index in [0.717, 1.165) is 18.3 Å². The summed E-state index contributed by atoms with van der Waals surface area (Å²) in [5, 5.41) is 10.3. The van der Waals surface area contributed by atoms with Crippen LogP contribution in [0.2, 0.25) is 0 Å². The summed E-state index contributed by atoms with van der Waals surface area (Å²) in [4.78, 5) is 0. The maximum Gasteiger partial charge on any atom is 0.0652 e. The lowest BCUT2D eigenvalue weighted by Crippen LogP contribution is -2.46. The van der Waals surface area contributed by atoms with Gasteiger partial charge in [-0.05, 0) is 57.8 Å². The monoisotopic (exact) mass is 182 g/mol. The number of hydrogen-bond donors (Lipinski definition) is 1. The highest BCUT2D eigenvalue weighted by Crippen LogP contribution is 2.64. The summed E-state index contributed by atoms with van der Waals surface area (Å²) in [5.74, 6) is 1.65. The van der Waals surface area contributed by atoms with Crippen LogP contribution < -0.4 is 0 Å². The average Bonchev–Trinajstić information content (AvgIpc) is 2.81. The van der Waals surface area contributed by atoms with Gasteiger partial charge < -0.3 is 5.11 Å². The van der Waals surface area contributed by atoms with Gasteiger partial charge >= 0.3 is 0 Å². The fraction of sp³-hybridized carbons (Fsp3) is 1.00. The lowest BCUT2D eigenvalue weighted by atomic mass is 9.64. The average molecular weight is 182 g/mol. The number of hydrogen-bond acceptors (Lipinski definition) is 1. The first-order chi connectivity index (χ1) is 6.02. The van der Waals surface area contributed by atoms with Crippen molar-refractivity contribution in [2.24, 2.45) is 17.3 Å². The third kappa shape index (κ3) is 1.32. The minimum atomic E-state index is -0.468. The topological polar surface area (TPSA) is 20.2 Å². The molecule has 0 unspecified atom stereocenters. The molecule has 0 bridgehead atoms. The molecule has 2 aliphatic carbocycles. The SMILES string of the molecule is CCC(C1CC1)(C1CC1)C(C)(C)O. The van der Waals surface area contributed by atoms with Crippen LogP contribution in [0.1, 0.15) is 52.9 Å². The first-order valence-corrected chi connectivity index (χ1v) is 5.74. The first-order valence-electron chi connectivity index (χ1n) is 5.74. The van der Waals surface area contributed by atoms with Gasteiger partial charge in [0.05, 0.1) is 5.60 Å². The Bertz CT molecular complexity index is 182. The standard InChI is InChI=1S/C12H22O/c1-4-12(9-5-6-9,10-7-8-10)11(2,3)13/h9-10,13H,4-8H2,1-3H3. The largest absolute Gasteiger partial charge is 0.390 e. The predicted octanol–water partition coefficient (Wildman–Crippen LogP) is 2.97. The van der Waals surface area contributed by atoms with E-state index in [0.29, 0.717) is 0 Å². The van der Waals surface area contributed by atoms with Gasteiger partial charge in [0.1, 0.15) is 0 Å². The van der Waals surface area contributed by atoms with E-state index in [-0.39, 0.29) is 5.41 Å². The molecule has 1 N–H and O–H groups in total. The van der Waals surface area contributed by atoms with E-state index in [4.69, 9.17) is 0 Å². The van der Waals surface area contributed by atoms with Crippen molar-refractivity contribution in [1.82, 2.24) is 0 Å². The quantitative estimate of drug-likeness (QED) is 0.708. The molecule has 0 saturated heterocycles. The zero-order valence-electron chi connectivity index (χ0n) is 9.14. The Labute approximate surface area is 81.5 Å². The van der Waals surface area contributed by atoms with Gasteiger partial charge in [-0.15, -0.1) is 0 Å². The molecule has 0 spiro atoms. The summed E-state index contributed by atoms with van der Waals surface area (Å²) in [6.07, 6.45) is 6.58. The second-order valence-corrected chi connectivity index (χ2v) is 5.50. The maximum absolute atomic E-state index is 10.3. The Hall–Kier alpha value is -0.0400. The Morgan fingerprint density at radius 2 is 1.46 bits per heavy atom. The molecule has 2 rings (SSSR count). The van der Waals surface area contributed by atoms with E-state index in [2.05, 4.69) is 6.92 Å². The van der Waals surface area contributed by atoms with E-state index >= 15 is 0 Å². The molecule has 2 fully saturated rings. The summed E-state index contributed by atoms with van der Waals surface area (Å²) in [6.45, 7) is 6.30. The van der Waals surface area contributed by atoms with Gasteiger partial charge in [0.25, 0.3) is 0 Å². The van der Waals surface area contributed by atoms with Gasteiger partial charge in [-0.25, -0.2) is 0 Å². The van der Waals surface area contributed by atoms with Crippen LogP contribution in [0.25, 0.3) is 0 Å². The Morgan fingerprint density at radius 3 is 1.62 bits per heavy atom. The molecule has 0 radical (unpaired) electrons. The first kappa shape index (κ1) is 9.51. The van der Waals surface area contributed by atoms with Crippen molar-refractivity contribution in [3.8, 4) is 0 Å². The summed E-state index contributed by atoms with van der Waals surface area (Å²) >= 11 is 0. The van der Waals surface area contributed by atoms with Gasteiger partial charge in [0.2, 0.25) is 0 Å². The summed E-state index contributed by atoms with van der Waals surface area (Å²) < 4.78 is 0. The minimum absolute atomic E-state index is 0.257. The maximum atomic E-state index is 10.3. The summed E-state index contributed by atoms with van der Waals surface area (Å²) in [6, 6.07) is 0. The van der Waals surface area contributed by atoms with Crippen LogP contribution >= 0.6 is 0 Å². The minimum Gasteiger partial charge on any atom is -0.390 e. The lowest BCUT2D eigenvalue weighted by Gasteiger charge is -2.44. The van der Waals surface area contributed by atoms with E-state index in [9.17, 15) is 5.11 Å². The van der Waals surface area contributed by atoms with Crippen LogP contribution in [0, 0.1) is 17.3 Å². The molecule has 1 heteroatoms. The van der Waals surface area contributed by atoms with Crippen molar-refractivity contribution in [3.63, 3.8) is 0 Å². The van der Waals surface area contributed by atoms with E-state index in [1.165, 1.54) is 25.7 Å². The molecule has 0 aliphatic heterocycles. The highest BCUT2D eigenvalue weighted by Gasteiger charge is 2.59. The van der Waals surface area contributed by atoms with Crippen molar-refractivity contribution in [2.45, 2.75) is 58.5 Å². The molecule has 0 aromatic carbocycles. The summed E-state index contributed by atoms with van der Waals surface area (Å²) in [7, 11) is 0. The third-order valence-corrected chi connectivity index (χ3v) is 4.34. The molecule has 0 aromatic rings. The van der Waals surface area contributed by atoms with Crippen molar-refractivity contribution < 1.29 is 5.11 Å². The molecule has 0 atom stereocenters. The van der Waals surface area contributed by atoms with Crippen LogP contribution in [0.4, 0.5) is 0 Å². The van der Waals surface area contributed by atoms with E-state index in [1.54, 1.807) is 0 Å². The van der Waals surface area contributed by atoms with Crippen LogP contribution in [-0.2, 0) is 0 Å². The Balaban J connectivity index is 2.25. The zero-order chi connectivity index (χ0) is 9.69. The zero-order valence-corrected chi connectivity index (χ0v) is 9.14. The molecular weight excluding hydrogens is 160 g/mol. The fourth-order valence-corrected chi connectivity index (χ4v) is 3.54. The van der Waals surface area contributed by atoms with Crippen molar-refractivity contribution >= 4 is 0 Å². The van der Waals surface area contributed by atoms with Crippen molar-refractivity contribution in [1.29, 1.82) is 0 Å².